The molecule has 100 valence electrons. The molecule has 0 fully saturated rings. The van der Waals surface area contributed by atoms with Gasteiger partial charge in [-0.3, -0.25) is 0 Å². The Morgan fingerprint density at radius 1 is 1.37 bits per heavy atom. The van der Waals surface area contributed by atoms with E-state index >= 15 is 0 Å². The lowest BCUT2D eigenvalue weighted by molar-refractivity contribution is 0.266. The van der Waals surface area contributed by atoms with E-state index in [9.17, 15) is 0 Å². The molecule has 3 rings (SSSR count). The first-order valence-corrected chi connectivity index (χ1v) is 6.85. The molecule has 0 amide bonds. The molecular weight excluding hydrogens is 234 g/mol. The van der Waals surface area contributed by atoms with Gasteiger partial charge < -0.3 is 9.88 Å². The number of hydrogen-bond acceptors (Lipinski definition) is 2. The highest BCUT2D eigenvalue weighted by Gasteiger charge is 2.38. The maximum absolute atomic E-state index is 4.38. The van der Waals surface area contributed by atoms with Crippen molar-refractivity contribution in [3.05, 3.63) is 53.6 Å². The topological polar surface area (TPSA) is 29.9 Å². The molecule has 3 nitrogen and oxygen atoms in total. The molecule has 0 saturated carbocycles. The zero-order valence-corrected chi connectivity index (χ0v) is 11.9. The third kappa shape index (κ3) is 2.19. The number of fused-ring (bicyclic) bond motifs is 1. The summed E-state index contributed by atoms with van der Waals surface area (Å²) >= 11 is 0. The van der Waals surface area contributed by atoms with Crippen LogP contribution in [0.1, 0.15) is 36.8 Å². The molecule has 1 aromatic heterocycles. The second-order valence-corrected chi connectivity index (χ2v) is 6.13. The molecule has 0 spiro atoms. The number of nitrogens with one attached hydrogen (secondary N) is 1. The average Bonchev–Trinajstić information content (AvgIpc) is 2.87. The van der Waals surface area contributed by atoms with Crippen LogP contribution in [0.2, 0.25) is 0 Å². The Balaban J connectivity index is 1.82. The van der Waals surface area contributed by atoms with Gasteiger partial charge in [0.05, 0.1) is 6.54 Å². The fourth-order valence-electron chi connectivity index (χ4n) is 3.14. The summed E-state index contributed by atoms with van der Waals surface area (Å²) in [4.78, 5) is 4.38. The maximum atomic E-state index is 4.38. The fraction of sp³-hybridized carbons (Fsp3) is 0.438. The van der Waals surface area contributed by atoms with E-state index in [4.69, 9.17) is 0 Å². The van der Waals surface area contributed by atoms with Gasteiger partial charge in [-0.05, 0) is 23.0 Å². The summed E-state index contributed by atoms with van der Waals surface area (Å²) in [6, 6.07) is 9.17. The van der Waals surface area contributed by atoms with Gasteiger partial charge in [0.25, 0.3) is 0 Å². The van der Waals surface area contributed by atoms with Gasteiger partial charge in [-0.25, -0.2) is 4.98 Å². The number of aromatic nitrogens is 2. The molecule has 1 heterocycles. The highest BCUT2D eigenvalue weighted by Crippen LogP contribution is 2.44. The van der Waals surface area contributed by atoms with Crippen molar-refractivity contribution in [2.75, 3.05) is 0 Å². The summed E-state index contributed by atoms with van der Waals surface area (Å²) in [5.41, 5.74) is 3.18. The second-order valence-electron chi connectivity index (χ2n) is 6.13. The molecule has 3 heteroatoms. The van der Waals surface area contributed by atoms with Crippen molar-refractivity contribution in [1.29, 1.82) is 0 Å². The van der Waals surface area contributed by atoms with Gasteiger partial charge in [0.15, 0.2) is 0 Å². The van der Waals surface area contributed by atoms with Crippen molar-refractivity contribution >= 4 is 0 Å². The van der Waals surface area contributed by atoms with Crippen molar-refractivity contribution < 1.29 is 0 Å². The molecule has 1 aliphatic carbocycles. The summed E-state index contributed by atoms with van der Waals surface area (Å²) in [6.45, 7) is 5.48. The van der Waals surface area contributed by atoms with Gasteiger partial charge in [0.2, 0.25) is 0 Å². The van der Waals surface area contributed by atoms with E-state index in [1.165, 1.54) is 11.1 Å². The van der Waals surface area contributed by atoms with E-state index in [0.717, 1.165) is 18.8 Å². The number of benzene rings is 1. The van der Waals surface area contributed by atoms with Gasteiger partial charge >= 0.3 is 0 Å². The van der Waals surface area contributed by atoms with Crippen LogP contribution in [0.3, 0.4) is 0 Å². The molecule has 0 bridgehead atoms. The standard InChI is InChI=1S/C16H21N3/c1-16(2)10-12-6-4-5-7-13(12)15(16)18-11-14-17-8-9-19(14)3/h4-9,15,18H,10-11H2,1-3H3. The first kappa shape index (κ1) is 12.4. The number of imidazole rings is 1. The molecule has 0 aliphatic heterocycles. The monoisotopic (exact) mass is 255 g/mol. The van der Waals surface area contributed by atoms with Gasteiger partial charge in [-0.15, -0.1) is 0 Å². The third-order valence-electron chi connectivity index (χ3n) is 4.18. The molecule has 1 atom stereocenters. The van der Waals surface area contributed by atoms with Crippen molar-refractivity contribution in [3.63, 3.8) is 0 Å². The van der Waals surface area contributed by atoms with Crippen LogP contribution in [0.4, 0.5) is 0 Å². The summed E-state index contributed by atoms with van der Waals surface area (Å²) < 4.78 is 2.07. The maximum Gasteiger partial charge on any atom is 0.122 e. The molecule has 0 saturated heterocycles. The lowest BCUT2D eigenvalue weighted by Crippen LogP contribution is -2.31. The predicted octanol–water partition coefficient (Wildman–Crippen LogP) is 2.83. The van der Waals surface area contributed by atoms with Crippen molar-refractivity contribution in [1.82, 2.24) is 14.9 Å². The van der Waals surface area contributed by atoms with E-state index in [2.05, 4.69) is 53.0 Å². The average molecular weight is 255 g/mol. The molecule has 1 unspecified atom stereocenters. The molecule has 1 N–H and O–H groups in total. The lowest BCUT2D eigenvalue weighted by atomic mass is 9.85. The molecule has 2 aromatic rings. The summed E-state index contributed by atoms with van der Waals surface area (Å²) in [6.07, 6.45) is 4.98. The number of rotatable bonds is 3. The van der Waals surface area contributed by atoms with Crippen LogP contribution >= 0.6 is 0 Å². The zero-order valence-electron chi connectivity index (χ0n) is 11.9. The van der Waals surface area contributed by atoms with Crippen LogP contribution in [0.15, 0.2) is 36.7 Å². The smallest absolute Gasteiger partial charge is 0.122 e. The van der Waals surface area contributed by atoms with Crippen LogP contribution in [0.5, 0.6) is 0 Å². The zero-order chi connectivity index (χ0) is 13.5. The van der Waals surface area contributed by atoms with Crippen LogP contribution in [0, 0.1) is 5.41 Å². The van der Waals surface area contributed by atoms with Gasteiger partial charge in [-0.2, -0.15) is 0 Å². The highest BCUT2D eigenvalue weighted by molar-refractivity contribution is 5.37. The lowest BCUT2D eigenvalue weighted by Gasteiger charge is -2.28. The molecule has 0 radical (unpaired) electrons. The Morgan fingerprint density at radius 3 is 2.89 bits per heavy atom. The van der Waals surface area contributed by atoms with Crippen LogP contribution in [0.25, 0.3) is 0 Å². The Labute approximate surface area is 114 Å². The first-order valence-electron chi connectivity index (χ1n) is 6.85. The van der Waals surface area contributed by atoms with E-state index in [0.29, 0.717) is 6.04 Å². The SMILES string of the molecule is Cn1ccnc1CNC1c2ccccc2CC1(C)C. The van der Waals surface area contributed by atoms with Gasteiger partial charge in [-0.1, -0.05) is 38.1 Å². The van der Waals surface area contributed by atoms with Crippen molar-refractivity contribution in [2.45, 2.75) is 32.9 Å². The highest BCUT2D eigenvalue weighted by atomic mass is 15.1. The normalized spacial score (nSPS) is 20.5. The van der Waals surface area contributed by atoms with Gasteiger partial charge in [0, 0.05) is 25.5 Å². The van der Waals surface area contributed by atoms with E-state index in [1.54, 1.807) is 0 Å². The minimum Gasteiger partial charge on any atom is -0.337 e. The minimum atomic E-state index is 0.259. The molecule has 1 aliphatic rings. The van der Waals surface area contributed by atoms with Crippen LogP contribution < -0.4 is 5.32 Å². The Bertz CT molecular complexity index is 583. The fourth-order valence-corrected chi connectivity index (χ4v) is 3.14. The van der Waals surface area contributed by atoms with Crippen molar-refractivity contribution in [3.8, 4) is 0 Å². The molecular formula is C16H21N3. The van der Waals surface area contributed by atoms with E-state index in [1.807, 2.05) is 19.4 Å². The van der Waals surface area contributed by atoms with Crippen LogP contribution in [-0.2, 0) is 20.0 Å². The predicted molar refractivity (Wildman–Crippen MR) is 76.7 cm³/mol. The van der Waals surface area contributed by atoms with Crippen molar-refractivity contribution in [2.24, 2.45) is 12.5 Å². The third-order valence-corrected chi connectivity index (χ3v) is 4.18. The number of nitrogens with zero attached hydrogens (tertiary/aromatic N) is 2. The van der Waals surface area contributed by atoms with E-state index < -0.39 is 0 Å². The summed E-state index contributed by atoms with van der Waals surface area (Å²) in [7, 11) is 2.04. The Kier molecular flexibility index (Phi) is 2.94. The molecule has 19 heavy (non-hydrogen) atoms. The molecule has 1 aromatic carbocycles. The second kappa shape index (κ2) is 4.49. The largest absolute Gasteiger partial charge is 0.337 e. The minimum absolute atomic E-state index is 0.259. The van der Waals surface area contributed by atoms with Crippen LogP contribution in [-0.4, -0.2) is 9.55 Å². The quantitative estimate of drug-likeness (QED) is 0.914. The first-order chi connectivity index (χ1) is 9.08. The summed E-state index contributed by atoms with van der Waals surface area (Å²) in [5, 5.41) is 3.69. The van der Waals surface area contributed by atoms with Gasteiger partial charge in [0.1, 0.15) is 5.82 Å². The summed E-state index contributed by atoms with van der Waals surface area (Å²) in [5.74, 6) is 1.08. The Morgan fingerprint density at radius 2 is 2.16 bits per heavy atom. The number of hydrogen-bond donors (Lipinski definition) is 1. The Hall–Kier alpha value is -1.61. The van der Waals surface area contributed by atoms with E-state index in [-0.39, 0.29) is 5.41 Å². The number of aryl methyl sites for hydroxylation is 1.